The third-order valence-electron chi connectivity index (χ3n) is 11.7. The topological polar surface area (TPSA) is 114 Å². The van der Waals surface area contributed by atoms with Crippen LogP contribution < -0.4 is 10.2 Å². The van der Waals surface area contributed by atoms with Crippen molar-refractivity contribution in [2.75, 3.05) is 40.9 Å². The summed E-state index contributed by atoms with van der Waals surface area (Å²) in [6.45, 7) is 6.70. The van der Waals surface area contributed by atoms with Crippen molar-refractivity contribution in [3.8, 4) is 0 Å². The number of phosphoric ester groups is 1. The first-order valence-corrected chi connectivity index (χ1v) is 28.4. The number of hydrogen-bond acceptors (Lipinski definition) is 7. The Morgan fingerprint density at radius 3 is 1.49 bits per heavy atom. The summed E-state index contributed by atoms with van der Waals surface area (Å²) in [5, 5.41) is 3.00. The number of phosphoric acid groups is 1. The fourth-order valence-corrected chi connectivity index (χ4v) is 8.28. The number of hydrogen-bond donors (Lipinski definition) is 1. The molecule has 0 aliphatic carbocycles. The first kappa shape index (κ1) is 63.0. The zero-order valence-corrected chi connectivity index (χ0v) is 44.1. The minimum absolute atomic E-state index is 0.0265. The molecule has 0 saturated heterocycles. The summed E-state index contributed by atoms with van der Waals surface area (Å²) >= 11 is 0. The van der Waals surface area contributed by atoms with Crippen LogP contribution in [0.3, 0.4) is 0 Å². The summed E-state index contributed by atoms with van der Waals surface area (Å²) in [5.74, 6) is -0.569. The van der Waals surface area contributed by atoms with E-state index in [0.717, 1.165) is 89.9 Å². The molecule has 0 aromatic heterocycles. The van der Waals surface area contributed by atoms with E-state index in [-0.39, 0.29) is 24.9 Å². The van der Waals surface area contributed by atoms with Crippen LogP contribution in [0.15, 0.2) is 48.6 Å². The first-order valence-electron chi connectivity index (χ1n) is 26.9. The van der Waals surface area contributed by atoms with Crippen molar-refractivity contribution >= 4 is 19.7 Å². The van der Waals surface area contributed by atoms with Gasteiger partial charge >= 0.3 is 5.97 Å². The minimum atomic E-state index is -4.69. The molecule has 1 N–H and O–H groups in total. The number of ether oxygens (including phenoxy) is 1. The number of esters is 1. The highest BCUT2D eigenvalue weighted by Crippen LogP contribution is 2.38. The fourth-order valence-electron chi connectivity index (χ4n) is 7.55. The van der Waals surface area contributed by atoms with E-state index in [0.29, 0.717) is 23.9 Å². The Hall–Kier alpha value is -2.03. The van der Waals surface area contributed by atoms with Gasteiger partial charge in [0.25, 0.3) is 7.82 Å². The number of amides is 1. The quantitative estimate of drug-likeness (QED) is 0.0212. The smallest absolute Gasteiger partial charge is 0.306 e. The maximum Gasteiger partial charge on any atom is 0.306 e. The summed E-state index contributed by atoms with van der Waals surface area (Å²) in [4.78, 5) is 39.7. The van der Waals surface area contributed by atoms with Gasteiger partial charge in [-0.2, -0.15) is 0 Å². The van der Waals surface area contributed by atoms with E-state index in [9.17, 15) is 19.0 Å². The molecular weight excluding hydrogens is 832 g/mol. The molecule has 0 fully saturated rings. The molecular formula is C55H103N2O7P. The van der Waals surface area contributed by atoms with Gasteiger partial charge in [0.1, 0.15) is 19.3 Å². The van der Waals surface area contributed by atoms with E-state index in [1.54, 1.807) is 0 Å². The lowest BCUT2D eigenvalue weighted by Gasteiger charge is -2.30. The number of quaternary nitrogens is 1. The summed E-state index contributed by atoms with van der Waals surface area (Å²) in [6.07, 6.45) is 53.6. The molecule has 0 bridgehead atoms. The molecule has 0 saturated carbocycles. The highest BCUT2D eigenvalue weighted by molar-refractivity contribution is 7.45. The van der Waals surface area contributed by atoms with Crippen molar-refractivity contribution in [2.45, 2.75) is 251 Å². The molecule has 0 aliphatic rings. The molecule has 10 heteroatoms. The average Bonchev–Trinajstić information content (AvgIpc) is 3.26. The van der Waals surface area contributed by atoms with Crippen LogP contribution in [0.4, 0.5) is 0 Å². The molecule has 0 radical (unpaired) electrons. The van der Waals surface area contributed by atoms with Gasteiger partial charge in [-0.25, -0.2) is 0 Å². The van der Waals surface area contributed by atoms with Crippen LogP contribution in [0, 0.1) is 0 Å². The number of nitrogens with one attached hydrogen (secondary N) is 1. The van der Waals surface area contributed by atoms with Gasteiger partial charge in [0, 0.05) is 12.8 Å². The lowest BCUT2D eigenvalue weighted by Crippen LogP contribution is -2.47. The van der Waals surface area contributed by atoms with Crippen molar-refractivity contribution in [3.63, 3.8) is 0 Å². The Balaban J connectivity index is 5.44. The monoisotopic (exact) mass is 935 g/mol. The number of allylic oxidation sites excluding steroid dienone is 7. The second kappa shape index (κ2) is 45.7. The first-order chi connectivity index (χ1) is 31.4. The Morgan fingerprint density at radius 2 is 0.985 bits per heavy atom. The SMILES string of the molecule is CC/C=C/C/C=C/CCCCCCCCCC(=O)OC(/C=C/CCCCCCCCCCCC)C(COP(=O)([O-])OCC[N+](C)(C)C)NC(=O)CCCCC/C=C\CCCCCCCC. The van der Waals surface area contributed by atoms with Crippen molar-refractivity contribution in [2.24, 2.45) is 0 Å². The van der Waals surface area contributed by atoms with E-state index in [1.165, 1.54) is 109 Å². The number of carbonyl (C=O) groups is 2. The molecule has 380 valence electrons. The summed E-state index contributed by atoms with van der Waals surface area (Å²) in [7, 11) is 1.17. The number of rotatable bonds is 48. The summed E-state index contributed by atoms with van der Waals surface area (Å²) < 4.78 is 30.1. The molecule has 0 aliphatic heterocycles. The minimum Gasteiger partial charge on any atom is -0.756 e. The lowest BCUT2D eigenvalue weighted by atomic mass is 10.0. The second-order valence-corrected chi connectivity index (χ2v) is 20.8. The predicted octanol–water partition coefficient (Wildman–Crippen LogP) is 15.1. The highest BCUT2D eigenvalue weighted by atomic mass is 31.2. The standard InChI is InChI=1S/C55H103N2O7P/c1-7-10-13-16-19-22-25-28-30-33-36-39-42-45-48-55(59)64-53(46-43-40-37-34-31-27-24-21-18-15-12-9-3)52(51-63-65(60,61)62-50-49-57(4,5)6)56-54(58)47-44-41-38-35-32-29-26-23-20-17-14-11-8-2/h10,13,19,22,29,32,43,46,52-53H,7-9,11-12,14-18,20-21,23-28,30-31,33-42,44-45,47-51H2,1-6H3,(H-,56,58,60,61)/b13-10+,22-19+,32-29-,46-43+. The summed E-state index contributed by atoms with van der Waals surface area (Å²) in [6, 6.07) is -0.896. The molecule has 3 atom stereocenters. The maximum absolute atomic E-state index is 13.4. The van der Waals surface area contributed by atoms with E-state index in [4.69, 9.17) is 13.8 Å². The fraction of sp³-hybridized carbons (Fsp3) is 0.818. The third-order valence-corrected chi connectivity index (χ3v) is 12.7. The van der Waals surface area contributed by atoms with Crippen LogP contribution in [0.1, 0.15) is 239 Å². The van der Waals surface area contributed by atoms with Gasteiger partial charge in [-0.15, -0.1) is 0 Å². The number of likely N-dealkylation sites (N-methyl/N-ethyl adjacent to an activating group) is 1. The average molecular weight is 935 g/mol. The second-order valence-electron chi connectivity index (χ2n) is 19.3. The van der Waals surface area contributed by atoms with E-state index >= 15 is 0 Å². The largest absolute Gasteiger partial charge is 0.756 e. The van der Waals surface area contributed by atoms with Gasteiger partial charge in [0.2, 0.25) is 5.91 Å². The van der Waals surface area contributed by atoms with Crippen LogP contribution in [0.25, 0.3) is 0 Å². The molecule has 0 aromatic carbocycles. The zero-order chi connectivity index (χ0) is 48.0. The van der Waals surface area contributed by atoms with E-state index in [2.05, 4.69) is 62.5 Å². The van der Waals surface area contributed by atoms with E-state index in [1.807, 2.05) is 33.3 Å². The van der Waals surface area contributed by atoms with Gasteiger partial charge in [0.15, 0.2) is 0 Å². The highest BCUT2D eigenvalue weighted by Gasteiger charge is 2.27. The van der Waals surface area contributed by atoms with Crippen molar-refractivity contribution in [1.82, 2.24) is 5.32 Å². The van der Waals surface area contributed by atoms with Gasteiger partial charge in [-0.1, -0.05) is 192 Å². The molecule has 3 unspecified atom stereocenters. The van der Waals surface area contributed by atoms with Crippen LogP contribution in [0.2, 0.25) is 0 Å². The molecule has 1 amide bonds. The number of nitrogens with zero attached hydrogens (tertiary/aromatic N) is 1. The third kappa shape index (κ3) is 46.9. The Morgan fingerprint density at radius 1 is 0.554 bits per heavy atom. The maximum atomic E-state index is 13.4. The molecule has 65 heavy (non-hydrogen) atoms. The number of carbonyl (C=O) groups excluding carboxylic acids is 2. The molecule has 9 nitrogen and oxygen atoms in total. The van der Waals surface area contributed by atoms with Gasteiger partial charge in [-0.05, 0) is 83.1 Å². The molecule has 0 aromatic rings. The predicted molar refractivity (Wildman–Crippen MR) is 275 cm³/mol. The molecule has 0 spiro atoms. The van der Waals surface area contributed by atoms with Crippen LogP contribution >= 0.6 is 7.82 Å². The van der Waals surface area contributed by atoms with Gasteiger partial charge in [0.05, 0.1) is 33.8 Å². The van der Waals surface area contributed by atoms with Crippen LogP contribution in [-0.2, 0) is 27.9 Å². The van der Waals surface area contributed by atoms with Crippen LogP contribution in [0.5, 0.6) is 0 Å². The van der Waals surface area contributed by atoms with Crippen molar-refractivity contribution < 1.29 is 37.3 Å². The zero-order valence-electron chi connectivity index (χ0n) is 43.2. The van der Waals surface area contributed by atoms with Crippen LogP contribution in [-0.4, -0.2) is 69.4 Å². The normalized spacial score (nSPS) is 14.3. The summed E-state index contributed by atoms with van der Waals surface area (Å²) in [5.41, 5.74) is 0. The van der Waals surface area contributed by atoms with Crippen molar-refractivity contribution in [3.05, 3.63) is 48.6 Å². The van der Waals surface area contributed by atoms with Gasteiger partial charge in [-0.3, -0.25) is 14.2 Å². The lowest BCUT2D eigenvalue weighted by molar-refractivity contribution is -0.870. The van der Waals surface area contributed by atoms with Gasteiger partial charge < -0.3 is 28.5 Å². The molecule has 0 heterocycles. The Kier molecular flexibility index (Phi) is 44.3. The Labute approximate surface area is 401 Å². The Bertz CT molecular complexity index is 1260. The van der Waals surface area contributed by atoms with Crippen molar-refractivity contribution in [1.29, 1.82) is 0 Å². The molecule has 0 rings (SSSR count). The number of unbranched alkanes of at least 4 members (excludes halogenated alkanes) is 26. The van der Waals surface area contributed by atoms with E-state index < -0.39 is 26.6 Å².